The third kappa shape index (κ3) is 4.68. The zero-order chi connectivity index (χ0) is 15.1. The van der Waals surface area contributed by atoms with Gasteiger partial charge in [-0.05, 0) is 28.8 Å². The summed E-state index contributed by atoms with van der Waals surface area (Å²) in [5.74, 6) is -1.50. The molecule has 21 heavy (non-hydrogen) atoms. The molecule has 2 N–H and O–H groups in total. The molecule has 1 aromatic heterocycles. The van der Waals surface area contributed by atoms with Gasteiger partial charge in [-0.3, -0.25) is 4.79 Å². The van der Waals surface area contributed by atoms with E-state index in [9.17, 15) is 9.59 Å². The van der Waals surface area contributed by atoms with Gasteiger partial charge in [-0.1, -0.05) is 30.3 Å². The summed E-state index contributed by atoms with van der Waals surface area (Å²) in [5.41, 5.74) is 1.03. The average molecular weight is 289 g/mol. The van der Waals surface area contributed by atoms with Crippen molar-refractivity contribution in [2.75, 3.05) is 0 Å². The summed E-state index contributed by atoms with van der Waals surface area (Å²) < 4.78 is 1.23. The molecule has 0 spiro atoms. The van der Waals surface area contributed by atoms with Crippen LogP contribution >= 0.6 is 0 Å². The second-order valence-electron chi connectivity index (χ2n) is 4.49. The number of carbonyl (C=O) groups is 2. The normalized spacial score (nSPS) is 11.8. The summed E-state index contributed by atoms with van der Waals surface area (Å²) in [7, 11) is 0. The van der Waals surface area contributed by atoms with Crippen molar-refractivity contribution >= 4 is 11.9 Å². The predicted molar refractivity (Wildman–Crippen MR) is 72.1 cm³/mol. The summed E-state index contributed by atoms with van der Waals surface area (Å²) in [6.07, 6.45) is 2.18. The fourth-order valence-electron chi connectivity index (χ4n) is 1.85. The number of aliphatic carboxylic acids is 1. The first-order valence-corrected chi connectivity index (χ1v) is 6.42. The van der Waals surface area contributed by atoms with E-state index in [4.69, 9.17) is 5.11 Å². The molecule has 0 radical (unpaired) electrons. The molecule has 1 aromatic carbocycles. The Balaban J connectivity index is 1.87. The summed E-state index contributed by atoms with van der Waals surface area (Å²) >= 11 is 0. The maximum Gasteiger partial charge on any atom is 0.326 e. The van der Waals surface area contributed by atoms with E-state index >= 15 is 0 Å². The third-order valence-electron chi connectivity index (χ3n) is 2.89. The first-order valence-electron chi connectivity index (χ1n) is 6.42. The molecule has 8 heteroatoms. The molecular formula is C13H15N5O3. The number of nitrogens with zero attached hydrogens (tertiary/aromatic N) is 4. The molecule has 1 atom stereocenters. The number of nitrogens with one attached hydrogen (secondary N) is 1. The second-order valence-corrected chi connectivity index (χ2v) is 4.49. The van der Waals surface area contributed by atoms with Gasteiger partial charge in [-0.25, -0.2) is 9.48 Å². The van der Waals surface area contributed by atoms with Crippen molar-refractivity contribution in [3.8, 4) is 0 Å². The molecule has 0 aliphatic carbocycles. The lowest BCUT2D eigenvalue weighted by atomic mass is 10.1. The highest BCUT2D eigenvalue weighted by molar-refractivity contribution is 5.83. The van der Waals surface area contributed by atoms with E-state index in [-0.39, 0.29) is 6.54 Å². The van der Waals surface area contributed by atoms with Crippen LogP contribution in [-0.2, 0) is 22.6 Å². The van der Waals surface area contributed by atoms with Gasteiger partial charge >= 0.3 is 5.97 Å². The van der Waals surface area contributed by atoms with Crippen LogP contribution in [0.1, 0.15) is 12.0 Å². The molecule has 0 bridgehead atoms. The van der Waals surface area contributed by atoms with Gasteiger partial charge in [0.2, 0.25) is 5.91 Å². The summed E-state index contributed by atoms with van der Waals surface area (Å²) in [5, 5.41) is 22.0. The summed E-state index contributed by atoms with van der Waals surface area (Å²) in [6, 6.07) is 8.58. The Labute approximate surface area is 120 Å². The van der Waals surface area contributed by atoms with Crippen molar-refractivity contribution in [1.29, 1.82) is 0 Å². The van der Waals surface area contributed by atoms with E-state index in [1.165, 1.54) is 11.0 Å². The fourth-order valence-corrected chi connectivity index (χ4v) is 1.85. The topological polar surface area (TPSA) is 110 Å². The van der Waals surface area contributed by atoms with E-state index in [0.717, 1.165) is 5.56 Å². The average Bonchev–Trinajstić information content (AvgIpc) is 2.97. The molecule has 2 aromatic rings. The van der Waals surface area contributed by atoms with Crippen LogP contribution in [0.15, 0.2) is 36.7 Å². The van der Waals surface area contributed by atoms with Crippen molar-refractivity contribution in [3.63, 3.8) is 0 Å². The maximum absolute atomic E-state index is 11.7. The molecule has 8 nitrogen and oxygen atoms in total. The van der Waals surface area contributed by atoms with Crippen molar-refractivity contribution in [3.05, 3.63) is 42.2 Å². The van der Waals surface area contributed by atoms with Gasteiger partial charge in [0, 0.05) is 0 Å². The van der Waals surface area contributed by atoms with Crippen LogP contribution in [-0.4, -0.2) is 43.2 Å². The molecule has 2 rings (SSSR count). The number of benzene rings is 1. The molecule has 0 saturated carbocycles. The van der Waals surface area contributed by atoms with E-state index in [1.54, 1.807) is 0 Å². The van der Waals surface area contributed by atoms with Gasteiger partial charge in [0.25, 0.3) is 0 Å². The summed E-state index contributed by atoms with van der Waals surface area (Å²) in [6.45, 7) is -0.109. The van der Waals surface area contributed by atoms with Crippen LogP contribution < -0.4 is 5.32 Å². The van der Waals surface area contributed by atoms with Crippen LogP contribution in [0.3, 0.4) is 0 Å². The van der Waals surface area contributed by atoms with Crippen molar-refractivity contribution in [1.82, 2.24) is 25.5 Å². The van der Waals surface area contributed by atoms with E-state index in [0.29, 0.717) is 12.8 Å². The molecule has 0 saturated heterocycles. The van der Waals surface area contributed by atoms with Crippen LogP contribution in [0, 0.1) is 0 Å². The zero-order valence-electron chi connectivity index (χ0n) is 11.2. The molecule has 0 aliphatic heterocycles. The Hall–Kier alpha value is -2.77. The smallest absolute Gasteiger partial charge is 0.326 e. The highest BCUT2D eigenvalue weighted by Gasteiger charge is 2.20. The number of amides is 1. The van der Waals surface area contributed by atoms with Gasteiger partial charge in [0.05, 0.1) is 0 Å². The molecule has 1 amide bonds. The van der Waals surface area contributed by atoms with E-state index < -0.39 is 17.9 Å². The number of carbonyl (C=O) groups excluding carboxylic acids is 1. The Kier molecular flexibility index (Phi) is 4.97. The lowest BCUT2D eigenvalue weighted by Gasteiger charge is -2.14. The minimum atomic E-state index is -1.06. The number of carboxylic acids is 1. The largest absolute Gasteiger partial charge is 0.480 e. The predicted octanol–water partition coefficient (Wildman–Crippen LogP) is -0.125. The molecule has 1 heterocycles. The maximum atomic E-state index is 11.7. The van der Waals surface area contributed by atoms with Crippen LogP contribution in [0.25, 0.3) is 0 Å². The van der Waals surface area contributed by atoms with Gasteiger partial charge < -0.3 is 10.4 Å². The molecular weight excluding hydrogens is 274 g/mol. The minimum absolute atomic E-state index is 0.109. The number of hydrogen-bond donors (Lipinski definition) is 2. The molecule has 0 aliphatic rings. The number of tetrazole rings is 1. The Morgan fingerprint density at radius 2 is 2.05 bits per heavy atom. The van der Waals surface area contributed by atoms with Gasteiger partial charge in [-0.15, -0.1) is 5.10 Å². The van der Waals surface area contributed by atoms with Crippen molar-refractivity contribution in [2.24, 2.45) is 0 Å². The van der Waals surface area contributed by atoms with Crippen LogP contribution in [0.4, 0.5) is 0 Å². The SMILES string of the molecule is O=C(Cn1cnnn1)NC(CCc1ccccc1)C(=O)O. The quantitative estimate of drug-likeness (QED) is 0.735. The van der Waals surface area contributed by atoms with Gasteiger partial charge in [-0.2, -0.15) is 0 Å². The highest BCUT2D eigenvalue weighted by Crippen LogP contribution is 2.05. The van der Waals surface area contributed by atoms with E-state index in [1.807, 2.05) is 30.3 Å². The third-order valence-corrected chi connectivity index (χ3v) is 2.89. The summed E-state index contributed by atoms with van der Waals surface area (Å²) in [4.78, 5) is 22.9. The Morgan fingerprint density at radius 3 is 2.67 bits per heavy atom. The highest BCUT2D eigenvalue weighted by atomic mass is 16.4. The van der Waals surface area contributed by atoms with Crippen LogP contribution in [0.5, 0.6) is 0 Å². The number of aryl methyl sites for hydroxylation is 1. The zero-order valence-corrected chi connectivity index (χ0v) is 11.2. The lowest BCUT2D eigenvalue weighted by Crippen LogP contribution is -2.42. The van der Waals surface area contributed by atoms with E-state index in [2.05, 4.69) is 20.8 Å². The monoisotopic (exact) mass is 289 g/mol. The van der Waals surface area contributed by atoms with Crippen LogP contribution in [0.2, 0.25) is 0 Å². The number of carboxylic acid groups (broad SMARTS) is 1. The Morgan fingerprint density at radius 1 is 1.29 bits per heavy atom. The van der Waals surface area contributed by atoms with Gasteiger partial charge in [0.1, 0.15) is 18.9 Å². The minimum Gasteiger partial charge on any atom is -0.480 e. The Bertz CT molecular complexity index is 585. The number of rotatable bonds is 7. The lowest BCUT2D eigenvalue weighted by molar-refractivity contribution is -0.142. The number of aromatic nitrogens is 4. The first kappa shape index (κ1) is 14.6. The molecule has 110 valence electrons. The number of hydrogen-bond acceptors (Lipinski definition) is 5. The second kappa shape index (κ2) is 7.13. The fraction of sp³-hybridized carbons (Fsp3) is 0.308. The van der Waals surface area contributed by atoms with Crippen molar-refractivity contribution < 1.29 is 14.7 Å². The molecule has 0 fully saturated rings. The standard InChI is InChI=1S/C13H15N5O3/c19-12(8-18-9-14-16-17-18)15-11(13(20)21)7-6-10-4-2-1-3-5-10/h1-5,9,11H,6-8H2,(H,15,19)(H,20,21). The van der Waals surface area contributed by atoms with Crippen molar-refractivity contribution in [2.45, 2.75) is 25.4 Å². The van der Waals surface area contributed by atoms with Gasteiger partial charge in [0.15, 0.2) is 0 Å². The first-order chi connectivity index (χ1) is 10.1. The molecule has 1 unspecified atom stereocenters.